The largest absolute Gasteiger partial charge is 0.366 e. The van der Waals surface area contributed by atoms with Gasteiger partial charge in [0.15, 0.2) is 0 Å². The van der Waals surface area contributed by atoms with E-state index in [4.69, 9.17) is 11.6 Å². The van der Waals surface area contributed by atoms with E-state index in [-0.39, 0.29) is 5.54 Å². The molecule has 0 amide bonds. The van der Waals surface area contributed by atoms with Crippen molar-refractivity contribution in [1.29, 1.82) is 0 Å². The van der Waals surface area contributed by atoms with Gasteiger partial charge >= 0.3 is 0 Å². The number of benzene rings is 1. The summed E-state index contributed by atoms with van der Waals surface area (Å²) in [5.41, 5.74) is 3.25. The quantitative estimate of drug-likeness (QED) is 0.726. The average Bonchev–Trinajstić information content (AvgIpc) is 2.63. The zero-order valence-electron chi connectivity index (χ0n) is 12.2. The summed E-state index contributed by atoms with van der Waals surface area (Å²) in [6.07, 6.45) is 2.37. The van der Waals surface area contributed by atoms with Crippen molar-refractivity contribution in [2.24, 2.45) is 0 Å². The SMILES string of the molecule is CCC1(CC)CN(C(C)(C)C)c2cc(Cl)ccc21. The lowest BCUT2D eigenvalue weighted by molar-refractivity contribution is 0.387. The lowest BCUT2D eigenvalue weighted by Crippen LogP contribution is -2.44. The van der Waals surface area contributed by atoms with Crippen molar-refractivity contribution in [2.45, 2.75) is 58.4 Å². The van der Waals surface area contributed by atoms with E-state index in [1.807, 2.05) is 6.07 Å². The Morgan fingerprint density at radius 1 is 1.22 bits per heavy atom. The number of hydrogen-bond acceptors (Lipinski definition) is 1. The van der Waals surface area contributed by atoms with E-state index >= 15 is 0 Å². The summed E-state index contributed by atoms with van der Waals surface area (Å²) < 4.78 is 0. The first kappa shape index (κ1) is 13.7. The molecule has 0 spiro atoms. The molecule has 0 aromatic heterocycles. The van der Waals surface area contributed by atoms with Gasteiger partial charge in [0, 0.05) is 28.2 Å². The molecule has 1 heterocycles. The first-order valence-corrected chi connectivity index (χ1v) is 7.29. The van der Waals surface area contributed by atoms with Crippen LogP contribution in [0, 0.1) is 0 Å². The van der Waals surface area contributed by atoms with Crippen molar-refractivity contribution in [3.63, 3.8) is 0 Å². The summed E-state index contributed by atoms with van der Waals surface area (Å²) in [5, 5.41) is 0.839. The van der Waals surface area contributed by atoms with Gasteiger partial charge in [0.05, 0.1) is 0 Å². The summed E-state index contributed by atoms with van der Waals surface area (Å²) in [7, 11) is 0. The highest BCUT2D eigenvalue weighted by Crippen LogP contribution is 2.48. The number of nitrogens with zero attached hydrogens (tertiary/aromatic N) is 1. The molecule has 0 atom stereocenters. The van der Waals surface area contributed by atoms with Gasteiger partial charge in [-0.1, -0.05) is 31.5 Å². The molecular formula is C16H24ClN. The standard InChI is InChI=1S/C16H24ClN/c1-6-16(7-2)11-18(15(3,4)5)14-10-12(17)8-9-13(14)16/h8-10H,6-7,11H2,1-5H3. The van der Waals surface area contributed by atoms with Crippen LogP contribution in [-0.4, -0.2) is 12.1 Å². The zero-order valence-corrected chi connectivity index (χ0v) is 12.9. The van der Waals surface area contributed by atoms with E-state index in [1.54, 1.807) is 0 Å². The number of hydrogen-bond donors (Lipinski definition) is 0. The van der Waals surface area contributed by atoms with Crippen LogP contribution < -0.4 is 4.90 Å². The minimum Gasteiger partial charge on any atom is -0.366 e. The Hall–Kier alpha value is -0.690. The Morgan fingerprint density at radius 2 is 1.83 bits per heavy atom. The van der Waals surface area contributed by atoms with E-state index in [0.29, 0.717) is 5.41 Å². The minimum atomic E-state index is 0.144. The summed E-state index contributed by atoms with van der Waals surface area (Å²) >= 11 is 6.19. The minimum absolute atomic E-state index is 0.144. The molecule has 1 aromatic carbocycles. The maximum atomic E-state index is 6.19. The maximum absolute atomic E-state index is 6.19. The molecule has 0 saturated carbocycles. The summed E-state index contributed by atoms with van der Waals surface area (Å²) in [4.78, 5) is 2.52. The first-order chi connectivity index (χ1) is 8.34. The molecule has 2 rings (SSSR count). The van der Waals surface area contributed by atoms with Crippen LogP contribution >= 0.6 is 11.6 Å². The van der Waals surface area contributed by atoms with Gasteiger partial charge in [-0.05, 0) is 51.3 Å². The van der Waals surface area contributed by atoms with Gasteiger partial charge in [-0.3, -0.25) is 0 Å². The van der Waals surface area contributed by atoms with Crippen molar-refractivity contribution < 1.29 is 0 Å². The molecule has 1 aliphatic rings. The van der Waals surface area contributed by atoms with Gasteiger partial charge in [0.2, 0.25) is 0 Å². The van der Waals surface area contributed by atoms with E-state index < -0.39 is 0 Å². The Morgan fingerprint density at radius 3 is 2.33 bits per heavy atom. The highest BCUT2D eigenvalue weighted by Gasteiger charge is 2.43. The van der Waals surface area contributed by atoms with Crippen LogP contribution in [0.4, 0.5) is 5.69 Å². The number of rotatable bonds is 2. The molecule has 100 valence electrons. The molecule has 18 heavy (non-hydrogen) atoms. The van der Waals surface area contributed by atoms with Gasteiger partial charge < -0.3 is 4.90 Å². The summed E-state index contributed by atoms with van der Waals surface area (Å²) in [6, 6.07) is 6.40. The molecule has 0 N–H and O–H groups in total. The fraction of sp³-hybridized carbons (Fsp3) is 0.625. The van der Waals surface area contributed by atoms with Crippen molar-refractivity contribution in [2.75, 3.05) is 11.4 Å². The molecule has 1 aromatic rings. The van der Waals surface area contributed by atoms with Crippen molar-refractivity contribution in [3.05, 3.63) is 28.8 Å². The van der Waals surface area contributed by atoms with Crippen LogP contribution in [0.15, 0.2) is 18.2 Å². The zero-order chi connectivity index (χ0) is 13.6. The highest BCUT2D eigenvalue weighted by atomic mass is 35.5. The molecule has 1 nitrogen and oxygen atoms in total. The lowest BCUT2D eigenvalue weighted by Gasteiger charge is -2.37. The third-order valence-corrected chi connectivity index (χ3v) is 4.68. The molecule has 1 aliphatic heterocycles. The Labute approximate surface area is 116 Å². The Bertz CT molecular complexity index is 441. The molecule has 0 fully saturated rings. The number of anilines is 1. The lowest BCUT2D eigenvalue weighted by atomic mass is 9.77. The predicted molar refractivity (Wildman–Crippen MR) is 80.8 cm³/mol. The number of fused-ring (bicyclic) bond motifs is 1. The van der Waals surface area contributed by atoms with Crippen LogP contribution in [0.2, 0.25) is 5.02 Å². The fourth-order valence-electron chi connectivity index (χ4n) is 3.10. The van der Waals surface area contributed by atoms with Crippen LogP contribution in [0.3, 0.4) is 0 Å². The number of halogens is 1. The molecule has 0 radical (unpaired) electrons. The van der Waals surface area contributed by atoms with E-state index in [9.17, 15) is 0 Å². The van der Waals surface area contributed by atoms with Gasteiger partial charge in [-0.2, -0.15) is 0 Å². The van der Waals surface area contributed by atoms with Crippen LogP contribution in [-0.2, 0) is 5.41 Å². The monoisotopic (exact) mass is 265 g/mol. The van der Waals surface area contributed by atoms with E-state index in [1.165, 1.54) is 24.1 Å². The van der Waals surface area contributed by atoms with E-state index in [0.717, 1.165) is 11.6 Å². The molecule has 2 heteroatoms. The van der Waals surface area contributed by atoms with Gasteiger partial charge in [-0.25, -0.2) is 0 Å². The average molecular weight is 266 g/mol. The molecule has 0 bridgehead atoms. The molecule has 0 aliphatic carbocycles. The second-order valence-corrected chi connectivity index (χ2v) is 6.84. The topological polar surface area (TPSA) is 3.24 Å². The predicted octanol–water partition coefficient (Wildman–Crippen LogP) is 5.02. The summed E-state index contributed by atoms with van der Waals surface area (Å²) in [5.74, 6) is 0. The fourth-order valence-corrected chi connectivity index (χ4v) is 3.27. The maximum Gasteiger partial charge on any atom is 0.0426 e. The smallest absolute Gasteiger partial charge is 0.0426 e. The van der Waals surface area contributed by atoms with Gasteiger partial charge in [0.1, 0.15) is 0 Å². The van der Waals surface area contributed by atoms with Crippen LogP contribution in [0.5, 0.6) is 0 Å². The normalized spacial score (nSPS) is 18.0. The summed E-state index contributed by atoms with van der Waals surface area (Å²) in [6.45, 7) is 12.5. The van der Waals surface area contributed by atoms with E-state index in [2.05, 4.69) is 51.7 Å². The van der Waals surface area contributed by atoms with Crippen molar-refractivity contribution in [1.82, 2.24) is 0 Å². The third kappa shape index (κ3) is 2.03. The van der Waals surface area contributed by atoms with Crippen LogP contribution in [0.25, 0.3) is 0 Å². The second-order valence-electron chi connectivity index (χ2n) is 6.41. The molecule has 0 saturated heterocycles. The Kier molecular flexibility index (Phi) is 3.40. The van der Waals surface area contributed by atoms with Crippen molar-refractivity contribution in [3.8, 4) is 0 Å². The highest BCUT2D eigenvalue weighted by molar-refractivity contribution is 6.30. The Balaban J connectivity index is 2.59. The van der Waals surface area contributed by atoms with Crippen molar-refractivity contribution >= 4 is 17.3 Å². The molecular weight excluding hydrogens is 242 g/mol. The first-order valence-electron chi connectivity index (χ1n) is 6.92. The van der Waals surface area contributed by atoms with Gasteiger partial charge in [0.25, 0.3) is 0 Å². The second kappa shape index (κ2) is 4.45. The molecule has 0 unspecified atom stereocenters. The third-order valence-electron chi connectivity index (χ3n) is 4.45. The van der Waals surface area contributed by atoms with Crippen LogP contribution in [0.1, 0.15) is 53.0 Å². The van der Waals surface area contributed by atoms with Gasteiger partial charge in [-0.15, -0.1) is 0 Å².